The van der Waals surface area contributed by atoms with Gasteiger partial charge in [-0.3, -0.25) is 0 Å². The molecule has 0 bridgehead atoms. The van der Waals surface area contributed by atoms with Crippen molar-refractivity contribution in [3.63, 3.8) is 0 Å². The summed E-state index contributed by atoms with van der Waals surface area (Å²) < 4.78 is 5.31. The summed E-state index contributed by atoms with van der Waals surface area (Å²) in [6.45, 7) is 0. The second-order valence-corrected chi connectivity index (χ2v) is 12.7. The van der Waals surface area contributed by atoms with Crippen LogP contribution in [-0.2, 0) is 0 Å². The van der Waals surface area contributed by atoms with Gasteiger partial charge in [0.2, 0.25) is 0 Å². The third kappa shape index (κ3) is 6.13. The van der Waals surface area contributed by atoms with Crippen molar-refractivity contribution in [2.75, 3.05) is 0 Å². The fourth-order valence-electron chi connectivity index (χ4n) is 6.84. The predicted octanol–water partition coefficient (Wildman–Crippen LogP) is 11.6. The molecule has 0 aliphatic carbocycles. The Bertz CT molecular complexity index is 2730. The molecule has 0 aliphatic rings. The number of nitriles is 1. The summed E-state index contributed by atoms with van der Waals surface area (Å²) in [4.78, 5) is 10.00. The highest BCUT2D eigenvalue weighted by Gasteiger charge is 2.18. The van der Waals surface area contributed by atoms with Gasteiger partial charge in [0, 0.05) is 27.8 Å². The van der Waals surface area contributed by atoms with E-state index in [1.54, 1.807) is 0 Å². The molecule has 2 heterocycles. The summed E-state index contributed by atoms with van der Waals surface area (Å²) in [7, 11) is 0. The third-order valence-corrected chi connectivity index (χ3v) is 9.41. The minimum atomic E-state index is 0.560. The first-order valence-corrected chi connectivity index (χ1v) is 17.3. The van der Waals surface area contributed by atoms with Gasteiger partial charge in [-0.15, -0.1) is 0 Å². The van der Waals surface area contributed by atoms with Gasteiger partial charge in [-0.1, -0.05) is 146 Å². The van der Waals surface area contributed by atoms with Crippen LogP contribution < -0.4 is 0 Å². The summed E-state index contributed by atoms with van der Waals surface area (Å²) in [5.74, 6) is 0.658. The molecule has 0 amide bonds. The number of rotatable bonds is 7. The van der Waals surface area contributed by atoms with Gasteiger partial charge in [0.05, 0.1) is 23.0 Å². The number of hydrogen-bond donors (Lipinski definition) is 0. The number of aromatic nitrogens is 4. The molecule has 6 nitrogen and oxygen atoms in total. The van der Waals surface area contributed by atoms with E-state index < -0.39 is 0 Å². The fraction of sp³-hybridized carbons (Fsp3) is 0. The molecule has 6 heteroatoms. The Morgan fingerprint density at radius 3 is 1.62 bits per heavy atom. The van der Waals surface area contributed by atoms with Crippen molar-refractivity contribution in [1.29, 1.82) is 5.26 Å². The van der Waals surface area contributed by atoms with Crippen molar-refractivity contribution in [1.82, 2.24) is 20.3 Å². The summed E-state index contributed by atoms with van der Waals surface area (Å²) in [5.41, 5.74) is 14.1. The van der Waals surface area contributed by atoms with E-state index in [4.69, 9.17) is 14.6 Å². The van der Waals surface area contributed by atoms with E-state index in [2.05, 4.69) is 89.2 Å². The summed E-state index contributed by atoms with van der Waals surface area (Å²) in [6.07, 6.45) is 0. The smallest absolute Gasteiger partial charge is 0.160 e. The number of benzene rings is 7. The molecule has 7 aromatic carbocycles. The fourth-order valence-corrected chi connectivity index (χ4v) is 6.84. The zero-order chi connectivity index (χ0) is 35.6. The van der Waals surface area contributed by atoms with Gasteiger partial charge in [0.15, 0.2) is 5.82 Å². The maximum atomic E-state index is 10.2. The molecule has 0 N–H and O–H groups in total. The normalized spacial score (nSPS) is 11.0. The Hall–Kier alpha value is -7.49. The molecule has 0 unspecified atom stereocenters. The molecule has 53 heavy (non-hydrogen) atoms. The summed E-state index contributed by atoms with van der Waals surface area (Å²) in [6, 6.07) is 61.4. The van der Waals surface area contributed by atoms with E-state index in [1.807, 2.05) is 103 Å². The molecule has 0 radical (unpaired) electrons. The molecule has 248 valence electrons. The zero-order valence-electron chi connectivity index (χ0n) is 28.4. The van der Waals surface area contributed by atoms with Crippen LogP contribution in [0, 0.1) is 11.3 Å². The molecule has 2 aromatic heterocycles. The first kappa shape index (κ1) is 31.5. The van der Waals surface area contributed by atoms with Crippen LogP contribution in [0.3, 0.4) is 0 Å². The number of hydrogen-bond acceptors (Lipinski definition) is 6. The SMILES string of the molecule is N#Cc1cc(-c2cccc(-c3cc(-c4ccccc4)nc(-c4ccccc4)n3)c2)cc(-c2ccccc2-c2ccc(-c3ccccc3)c3nonc23)c1. The quantitative estimate of drug-likeness (QED) is 0.167. The molecule has 0 fully saturated rings. The lowest BCUT2D eigenvalue weighted by Gasteiger charge is -2.14. The van der Waals surface area contributed by atoms with Crippen LogP contribution in [0.5, 0.6) is 0 Å². The lowest BCUT2D eigenvalue weighted by molar-refractivity contribution is 0.315. The van der Waals surface area contributed by atoms with Crippen LogP contribution in [-0.4, -0.2) is 20.3 Å². The molecule has 0 saturated heterocycles. The average molecular weight is 680 g/mol. The van der Waals surface area contributed by atoms with Gasteiger partial charge in [0.1, 0.15) is 11.0 Å². The van der Waals surface area contributed by atoms with E-state index >= 15 is 0 Å². The molecule has 0 atom stereocenters. The summed E-state index contributed by atoms with van der Waals surface area (Å²) in [5, 5.41) is 18.9. The van der Waals surface area contributed by atoms with Crippen molar-refractivity contribution >= 4 is 11.0 Å². The maximum absolute atomic E-state index is 10.2. The van der Waals surface area contributed by atoms with Gasteiger partial charge in [0.25, 0.3) is 0 Å². The largest absolute Gasteiger partial charge is 0.243 e. The van der Waals surface area contributed by atoms with Crippen molar-refractivity contribution < 1.29 is 4.63 Å². The van der Waals surface area contributed by atoms with Crippen LogP contribution in [0.4, 0.5) is 0 Å². The van der Waals surface area contributed by atoms with Gasteiger partial charge in [-0.25, -0.2) is 14.6 Å². The number of fused-ring (bicyclic) bond motifs is 1. The topological polar surface area (TPSA) is 88.5 Å². The zero-order valence-corrected chi connectivity index (χ0v) is 28.4. The Kier molecular flexibility index (Phi) is 8.12. The van der Waals surface area contributed by atoms with Crippen LogP contribution in [0.1, 0.15) is 5.56 Å². The lowest BCUT2D eigenvalue weighted by atomic mass is 9.89. The standard InChI is InChI=1S/C47H29N5O/c48-30-31-25-37(35-19-12-20-36(27-35)44-29-43(33-15-6-2-7-16-33)49-47(50-44)34-17-8-3-9-18-34)28-38(26-31)39-21-10-11-22-41(39)42-24-23-40(32-13-4-1-5-14-32)45-46(42)52-53-51-45/h1-29H. The van der Waals surface area contributed by atoms with Crippen molar-refractivity contribution in [2.45, 2.75) is 0 Å². The monoisotopic (exact) mass is 679 g/mol. The van der Waals surface area contributed by atoms with Gasteiger partial charge in [-0.2, -0.15) is 5.26 Å². The van der Waals surface area contributed by atoms with E-state index in [9.17, 15) is 5.26 Å². The van der Waals surface area contributed by atoms with Gasteiger partial charge < -0.3 is 0 Å². The van der Waals surface area contributed by atoms with Gasteiger partial charge >= 0.3 is 0 Å². The van der Waals surface area contributed by atoms with Gasteiger partial charge in [-0.05, 0) is 74.0 Å². The Balaban J connectivity index is 1.15. The highest BCUT2D eigenvalue weighted by Crippen LogP contribution is 2.40. The van der Waals surface area contributed by atoms with Crippen molar-refractivity contribution in [3.05, 3.63) is 181 Å². The van der Waals surface area contributed by atoms with E-state index in [-0.39, 0.29) is 0 Å². The van der Waals surface area contributed by atoms with E-state index in [0.29, 0.717) is 22.4 Å². The van der Waals surface area contributed by atoms with Crippen molar-refractivity contribution in [3.8, 4) is 84.5 Å². The Morgan fingerprint density at radius 2 is 0.906 bits per heavy atom. The van der Waals surface area contributed by atoms with Crippen LogP contribution >= 0.6 is 0 Å². The molecule has 0 saturated carbocycles. The second-order valence-electron chi connectivity index (χ2n) is 12.7. The first-order valence-electron chi connectivity index (χ1n) is 17.3. The van der Waals surface area contributed by atoms with Crippen LogP contribution in [0.2, 0.25) is 0 Å². The summed E-state index contributed by atoms with van der Waals surface area (Å²) >= 11 is 0. The molecular formula is C47H29N5O. The molecule has 9 aromatic rings. The van der Waals surface area contributed by atoms with E-state index in [1.165, 1.54) is 0 Å². The minimum Gasteiger partial charge on any atom is -0.243 e. The second kappa shape index (κ2) is 13.7. The highest BCUT2D eigenvalue weighted by molar-refractivity contribution is 6.03. The third-order valence-electron chi connectivity index (χ3n) is 9.41. The molecule has 0 aliphatic heterocycles. The average Bonchev–Trinajstić information content (AvgIpc) is 3.74. The Labute approximate surface area is 306 Å². The maximum Gasteiger partial charge on any atom is 0.160 e. The van der Waals surface area contributed by atoms with Crippen LogP contribution in [0.15, 0.2) is 181 Å². The molecule has 9 rings (SSSR count). The number of nitrogens with zero attached hydrogens (tertiary/aromatic N) is 5. The van der Waals surface area contributed by atoms with Crippen molar-refractivity contribution in [2.24, 2.45) is 0 Å². The van der Waals surface area contributed by atoms with Crippen LogP contribution in [0.25, 0.3) is 89.4 Å². The minimum absolute atomic E-state index is 0.560. The first-order chi connectivity index (χ1) is 26.2. The predicted molar refractivity (Wildman–Crippen MR) is 210 cm³/mol. The lowest BCUT2D eigenvalue weighted by Crippen LogP contribution is -1.96. The van der Waals surface area contributed by atoms with E-state index in [0.717, 1.165) is 72.6 Å². The molecule has 0 spiro atoms. The highest BCUT2D eigenvalue weighted by atomic mass is 16.6. The Morgan fingerprint density at radius 1 is 0.377 bits per heavy atom. The molecular weight excluding hydrogens is 651 g/mol.